The number of carbonyl (C=O) groups is 2. The molecule has 3 atom stereocenters. The van der Waals surface area contributed by atoms with Crippen molar-refractivity contribution in [1.29, 1.82) is 0 Å². The van der Waals surface area contributed by atoms with Crippen molar-refractivity contribution in [1.82, 2.24) is 24.1 Å². The van der Waals surface area contributed by atoms with E-state index < -0.39 is 28.2 Å². The molecule has 1 aromatic carbocycles. The number of nitrogens with zero attached hydrogens (tertiary/aromatic N) is 4. The summed E-state index contributed by atoms with van der Waals surface area (Å²) in [5.74, 6) is -0.545. The molecular weight excluding hydrogens is 500 g/mol. The smallest absolute Gasteiger partial charge is 0.319 e. The van der Waals surface area contributed by atoms with E-state index >= 15 is 0 Å². The van der Waals surface area contributed by atoms with Gasteiger partial charge in [-0.15, -0.1) is 0 Å². The number of anilines is 1. The van der Waals surface area contributed by atoms with Gasteiger partial charge >= 0.3 is 6.03 Å². The second kappa shape index (κ2) is 11.5. The Balaban J connectivity index is 2.02. The molecule has 3 rings (SSSR count). The molecule has 3 amide bonds. The number of fused-ring (bicyclic) bond motifs is 1. The number of urea groups is 1. The number of amides is 3. The van der Waals surface area contributed by atoms with Crippen LogP contribution in [0.2, 0.25) is 0 Å². The van der Waals surface area contributed by atoms with Crippen LogP contribution < -0.4 is 15.4 Å². The highest BCUT2D eigenvalue weighted by Crippen LogP contribution is 2.35. The molecule has 1 aromatic heterocycles. The van der Waals surface area contributed by atoms with E-state index in [-0.39, 0.29) is 59.6 Å². The SMILES string of the molecule is CC(C)NC(=O)Nc1cccc2c1O[C@H](CN(C)S(=O)(=O)c1cn(C)cn1)[C@H](C)CN([C@H](C)CO)C2=O. The van der Waals surface area contributed by atoms with Gasteiger partial charge in [0.05, 0.1) is 36.8 Å². The van der Waals surface area contributed by atoms with Gasteiger partial charge in [-0.3, -0.25) is 4.79 Å². The van der Waals surface area contributed by atoms with Crippen LogP contribution in [0.15, 0.2) is 35.7 Å². The zero-order valence-corrected chi connectivity index (χ0v) is 22.8. The van der Waals surface area contributed by atoms with Crippen LogP contribution in [0.4, 0.5) is 10.5 Å². The van der Waals surface area contributed by atoms with Crippen molar-refractivity contribution in [3.05, 3.63) is 36.3 Å². The first kappa shape index (κ1) is 28.4. The Morgan fingerprint density at radius 1 is 1.32 bits per heavy atom. The molecule has 0 saturated heterocycles. The van der Waals surface area contributed by atoms with Crippen molar-refractivity contribution >= 4 is 27.6 Å². The van der Waals surface area contributed by atoms with Crippen LogP contribution in [0.25, 0.3) is 0 Å². The van der Waals surface area contributed by atoms with E-state index in [0.717, 1.165) is 0 Å². The molecule has 0 bridgehead atoms. The maximum Gasteiger partial charge on any atom is 0.319 e. The van der Waals surface area contributed by atoms with E-state index in [2.05, 4.69) is 15.6 Å². The second-order valence-corrected chi connectivity index (χ2v) is 11.7. The molecule has 0 fully saturated rings. The largest absolute Gasteiger partial charge is 0.486 e. The van der Waals surface area contributed by atoms with E-state index in [1.165, 1.54) is 23.9 Å². The van der Waals surface area contributed by atoms with Crippen molar-refractivity contribution in [2.24, 2.45) is 13.0 Å². The second-order valence-electron chi connectivity index (χ2n) is 9.72. The molecular formula is C24H36N6O6S. The highest BCUT2D eigenvalue weighted by atomic mass is 32.2. The Bertz CT molecular complexity index is 1230. The van der Waals surface area contributed by atoms with Gasteiger partial charge in [-0.05, 0) is 32.9 Å². The molecule has 2 aromatic rings. The summed E-state index contributed by atoms with van der Waals surface area (Å²) in [6, 6.07) is 3.75. The monoisotopic (exact) mass is 536 g/mol. The highest BCUT2D eigenvalue weighted by Gasteiger charge is 2.36. The Hall–Kier alpha value is -3.16. The van der Waals surface area contributed by atoms with Crippen LogP contribution in [0, 0.1) is 5.92 Å². The molecule has 0 unspecified atom stereocenters. The first-order valence-corrected chi connectivity index (χ1v) is 13.5. The Labute approximate surface area is 217 Å². The Morgan fingerprint density at radius 3 is 2.62 bits per heavy atom. The summed E-state index contributed by atoms with van der Waals surface area (Å²) in [7, 11) is -0.781. The number of hydrogen-bond donors (Lipinski definition) is 3. The van der Waals surface area contributed by atoms with E-state index in [1.54, 1.807) is 41.6 Å². The maximum absolute atomic E-state index is 13.5. The predicted molar refractivity (Wildman–Crippen MR) is 138 cm³/mol. The Morgan fingerprint density at radius 2 is 2.03 bits per heavy atom. The molecule has 37 heavy (non-hydrogen) atoms. The minimum atomic E-state index is -3.91. The summed E-state index contributed by atoms with van der Waals surface area (Å²) in [5.41, 5.74) is 0.477. The van der Waals surface area contributed by atoms with Gasteiger partial charge in [0.25, 0.3) is 15.9 Å². The zero-order valence-electron chi connectivity index (χ0n) is 22.0. The van der Waals surface area contributed by atoms with Gasteiger partial charge in [-0.1, -0.05) is 13.0 Å². The molecule has 12 nitrogen and oxygen atoms in total. The third kappa shape index (κ3) is 6.40. The number of imidazole rings is 1. The lowest BCUT2D eigenvalue weighted by molar-refractivity contribution is 0.0389. The average Bonchev–Trinajstić information content (AvgIpc) is 3.27. The van der Waals surface area contributed by atoms with Crippen molar-refractivity contribution < 1.29 is 27.9 Å². The molecule has 1 aliphatic rings. The van der Waals surface area contributed by atoms with Gasteiger partial charge < -0.3 is 29.9 Å². The van der Waals surface area contributed by atoms with Gasteiger partial charge in [0.2, 0.25) is 0 Å². The summed E-state index contributed by atoms with van der Waals surface area (Å²) in [6.07, 6.45) is 2.13. The molecule has 0 spiro atoms. The molecule has 0 saturated carbocycles. The lowest BCUT2D eigenvalue weighted by Crippen LogP contribution is -2.50. The number of likely N-dealkylation sites (N-methyl/N-ethyl adjacent to an activating group) is 1. The molecule has 0 radical (unpaired) electrons. The number of aryl methyl sites for hydroxylation is 1. The number of aliphatic hydroxyl groups is 1. The fourth-order valence-electron chi connectivity index (χ4n) is 4.01. The topological polar surface area (TPSA) is 146 Å². The third-order valence-electron chi connectivity index (χ3n) is 6.15. The van der Waals surface area contributed by atoms with Crippen LogP contribution in [0.3, 0.4) is 0 Å². The molecule has 13 heteroatoms. The fraction of sp³-hybridized carbons (Fsp3) is 0.542. The molecule has 0 aliphatic carbocycles. The van der Waals surface area contributed by atoms with Gasteiger partial charge in [0, 0.05) is 38.8 Å². The number of nitrogens with one attached hydrogen (secondary N) is 2. The summed E-state index contributed by atoms with van der Waals surface area (Å²) < 4.78 is 35.3. The van der Waals surface area contributed by atoms with Gasteiger partial charge in [0.1, 0.15) is 6.10 Å². The number of para-hydroxylation sites is 1. The maximum atomic E-state index is 13.5. The lowest BCUT2D eigenvalue weighted by atomic mass is 9.99. The number of rotatable bonds is 8. The molecule has 2 heterocycles. The first-order chi connectivity index (χ1) is 17.3. The van der Waals surface area contributed by atoms with Gasteiger partial charge in [-0.25, -0.2) is 18.2 Å². The van der Waals surface area contributed by atoms with Crippen LogP contribution in [0.1, 0.15) is 38.1 Å². The Kier molecular flexibility index (Phi) is 8.82. The third-order valence-corrected chi connectivity index (χ3v) is 7.86. The summed E-state index contributed by atoms with van der Waals surface area (Å²) in [5, 5.41) is 15.2. The minimum Gasteiger partial charge on any atom is -0.486 e. The van der Waals surface area contributed by atoms with E-state index in [0.29, 0.717) is 0 Å². The number of hydrogen-bond acceptors (Lipinski definition) is 7. The van der Waals surface area contributed by atoms with Crippen LogP contribution >= 0.6 is 0 Å². The van der Waals surface area contributed by atoms with E-state index in [1.807, 2.05) is 20.8 Å². The standard InChI is InChI=1S/C24H36N6O6S/c1-15(2)26-24(33)27-19-9-7-8-18-22(19)36-20(16(3)10-30(23(18)32)17(4)13-31)11-29(6)37(34,35)21-12-28(5)14-25-21/h7-9,12,14-17,20,31H,10-11,13H2,1-6H3,(H2,26,27,33)/t16-,17-,20-/m1/s1. The molecule has 204 valence electrons. The highest BCUT2D eigenvalue weighted by molar-refractivity contribution is 7.89. The number of carbonyl (C=O) groups excluding carboxylic acids is 2. The number of sulfonamides is 1. The van der Waals surface area contributed by atoms with E-state index in [4.69, 9.17) is 4.74 Å². The number of ether oxygens (including phenoxy) is 1. The number of benzene rings is 1. The minimum absolute atomic E-state index is 0.0401. The zero-order chi connectivity index (χ0) is 27.5. The van der Waals surface area contributed by atoms with Gasteiger partial charge in [-0.2, -0.15) is 4.31 Å². The summed E-state index contributed by atoms with van der Waals surface area (Å²) in [6.45, 7) is 7.16. The molecule has 3 N–H and O–H groups in total. The van der Waals surface area contributed by atoms with Crippen molar-refractivity contribution in [3.63, 3.8) is 0 Å². The van der Waals surface area contributed by atoms with Crippen molar-refractivity contribution in [3.8, 4) is 5.75 Å². The van der Waals surface area contributed by atoms with Crippen molar-refractivity contribution in [2.45, 2.75) is 50.9 Å². The van der Waals surface area contributed by atoms with Gasteiger partial charge in [0.15, 0.2) is 10.8 Å². The average molecular weight is 537 g/mol. The normalized spacial score (nSPS) is 19.2. The first-order valence-electron chi connectivity index (χ1n) is 12.1. The van der Waals surface area contributed by atoms with Crippen LogP contribution in [0.5, 0.6) is 5.75 Å². The van der Waals surface area contributed by atoms with Crippen LogP contribution in [-0.2, 0) is 17.1 Å². The fourth-order valence-corrected chi connectivity index (χ4v) is 5.16. The summed E-state index contributed by atoms with van der Waals surface area (Å²) in [4.78, 5) is 31.5. The van der Waals surface area contributed by atoms with Crippen molar-refractivity contribution in [2.75, 3.05) is 32.1 Å². The number of aliphatic hydroxyl groups excluding tert-OH is 1. The lowest BCUT2D eigenvalue weighted by Gasteiger charge is -2.38. The quantitative estimate of drug-likeness (QED) is 0.463. The van der Waals surface area contributed by atoms with E-state index in [9.17, 15) is 23.1 Å². The molecule has 1 aliphatic heterocycles. The predicted octanol–water partition coefficient (Wildman–Crippen LogP) is 1.49. The van der Waals surface area contributed by atoms with Crippen LogP contribution in [-0.4, -0.2) is 89.2 Å². The summed E-state index contributed by atoms with van der Waals surface area (Å²) >= 11 is 0. The number of aromatic nitrogens is 2.